The molecule has 9 heteroatoms. The summed E-state index contributed by atoms with van der Waals surface area (Å²) in [5, 5.41) is 2.56. The number of hydrogen-bond acceptors (Lipinski definition) is 4. The van der Waals surface area contributed by atoms with Gasteiger partial charge in [-0.05, 0) is 35.9 Å². The monoisotopic (exact) mass is 322 g/mol. The lowest BCUT2D eigenvalue weighted by molar-refractivity contribution is -0.116. The van der Waals surface area contributed by atoms with Crippen molar-refractivity contribution in [2.45, 2.75) is 5.92 Å². The van der Waals surface area contributed by atoms with Gasteiger partial charge in [0.15, 0.2) is 5.78 Å². The number of ketones is 1. The van der Waals surface area contributed by atoms with Gasteiger partial charge in [-0.2, -0.15) is 0 Å². The molecule has 1 amide bonds. The smallest absolute Gasteiger partial charge is 0.404 e. The second kappa shape index (κ2) is 5.10. The first-order valence-electron chi connectivity index (χ1n) is 6.23. The third-order valence-electron chi connectivity index (χ3n) is 3.20. The Morgan fingerprint density at radius 2 is 2.05 bits per heavy atom. The van der Waals surface area contributed by atoms with Crippen LogP contribution >= 0.6 is 7.82 Å². The van der Waals surface area contributed by atoms with Gasteiger partial charge in [-0.1, -0.05) is 0 Å². The number of aromatic amines is 1. The fourth-order valence-electron chi connectivity index (χ4n) is 2.33. The highest BCUT2D eigenvalue weighted by atomic mass is 31.2. The number of Topliss-reactive ketones (excluding diaryl/α,β-unsaturated/α-hetero) is 1. The van der Waals surface area contributed by atoms with Crippen molar-refractivity contribution in [2.75, 3.05) is 5.32 Å². The van der Waals surface area contributed by atoms with Crippen molar-refractivity contribution >= 4 is 25.2 Å². The van der Waals surface area contributed by atoms with Gasteiger partial charge in [0.1, 0.15) is 11.7 Å². The maximum atomic E-state index is 12.4. The van der Waals surface area contributed by atoms with Crippen LogP contribution in [0, 0.1) is 0 Å². The molecule has 4 N–H and O–H groups in total. The molecule has 0 fully saturated rings. The number of fused-ring (bicyclic) bond motifs is 1. The SMILES string of the molecule is O=C1Nc2ccc(OP(=O)(O)O)cc2C1C(=O)c1ccc[nH]1. The normalized spacial score (nSPS) is 17.0. The number of hydrogen-bond donors (Lipinski definition) is 4. The Bertz CT molecular complexity index is 795. The summed E-state index contributed by atoms with van der Waals surface area (Å²) in [7, 11) is -4.72. The van der Waals surface area contributed by atoms with E-state index in [9.17, 15) is 14.2 Å². The van der Waals surface area contributed by atoms with Crippen molar-refractivity contribution in [1.82, 2.24) is 4.98 Å². The number of benzene rings is 1. The molecule has 0 bridgehead atoms. The molecule has 0 saturated carbocycles. The van der Waals surface area contributed by atoms with E-state index in [2.05, 4.69) is 14.8 Å². The first kappa shape index (κ1) is 14.5. The molecule has 0 aliphatic carbocycles. The maximum absolute atomic E-state index is 12.4. The van der Waals surface area contributed by atoms with E-state index in [1.54, 1.807) is 18.3 Å². The number of phosphoric acid groups is 1. The Labute approximate surface area is 124 Å². The third kappa shape index (κ3) is 2.67. The molecule has 0 radical (unpaired) electrons. The van der Waals surface area contributed by atoms with E-state index in [1.165, 1.54) is 18.2 Å². The van der Waals surface area contributed by atoms with E-state index >= 15 is 0 Å². The molecule has 1 aromatic heterocycles. The molecule has 22 heavy (non-hydrogen) atoms. The van der Waals surface area contributed by atoms with Crippen LogP contribution in [-0.2, 0) is 9.36 Å². The zero-order valence-electron chi connectivity index (χ0n) is 11.0. The van der Waals surface area contributed by atoms with Crippen molar-refractivity contribution in [3.05, 3.63) is 47.8 Å². The van der Waals surface area contributed by atoms with E-state index in [-0.39, 0.29) is 11.4 Å². The lowest BCUT2D eigenvalue weighted by atomic mass is 9.94. The van der Waals surface area contributed by atoms with Gasteiger partial charge in [0.05, 0.1) is 5.69 Å². The van der Waals surface area contributed by atoms with Crippen LogP contribution in [0.25, 0.3) is 0 Å². The minimum Gasteiger partial charge on any atom is -0.404 e. The molecule has 1 aliphatic heterocycles. The maximum Gasteiger partial charge on any atom is 0.524 e. The van der Waals surface area contributed by atoms with Crippen LogP contribution in [0.3, 0.4) is 0 Å². The van der Waals surface area contributed by atoms with Crippen LogP contribution in [0.2, 0.25) is 0 Å². The second-order valence-electron chi connectivity index (χ2n) is 4.70. The van der Waals surface area contributed by atoms with E-state index in [4.69, 9.17) is 9.79 Å². The highest BCUT2D eigenvalue weighted by Crippen LogP contribution is 2.42. The highest BCUT2D eigenvalue weighted by Gasteiger charge is 2.37. The standard InChI is InChI=1S/C13H11N2O6P/c16-12(10-2-1-5-14-10)11-8-6-7(21-22(18,19)20)3-4-9(8)15-13(11)17/h1-6,11,14H,(H,15,17)(H2,18,19,20). The molecule has 0 saturated heterocycles. The fourth-order valence-corrected chi connectivity index (χ4v) is 2.72. The molecule has 2 aromatic rings. The number of anilines is 1. The van der Waals surface area contributed by atoms with Crippen LogP contribution in [0.15, 0.2) is 36.5 Å². The molecule has 2 heterocycles. The Hall–Kier alpha value is -2.41. The number of amides is 1. The minimum absolute atomic E-state index is 0.118. The molecule has 114 valence electrons. The van der Waals surface area contributed by atoms with Gasteiger partial charge in [-0.15, -0.1) is 0 Å². The predicted octanol–water partition coefficient (Wildman–Crippen LogP) is 1.40. The summed E-state index contributed by atoms with van der Waals surface area (Å²) >= 11 is 0. The molecule has 1 aromatic carbocycles. The van der Waals surface area contributed by atoms with Gasteiger partial charge >= 0.3 is 7.82 Å². The lowest BCUT2D eigenvalue weighted by Gasteiger charge is -2.10. The number of H-pyrrole nitrogens is 1. The van der Waals surface area contributed by atoms with E-state index in [1.807, 2.05) is 0 Å². The first-order chi connectivity index (χ1) is 10.3. The number of phosphoric ester groups is 1. The molecular formula is C13H11N2O6P. The summed E-state index contributed by atoms with van der Waals surface area (Å²) in [6, 6.07) is 7.19. The van der Waals surface area contributed by atoms with Crippen LogP contribution in [-0.4, -0.2) is 26.5 Å². The average molecular weight is 322 g/mol. The lowest BCUT2D eigenvalue weighted by Crippen LogP contribution is -2.21. The Morgan fingerprint density at radius 1 is 1.27 bits per heavy atom. The first-order valence-corrected chi connectivity index (χ1v) is 7.76. The highest BCUT2D eigenvalue weighted by molar-refractivity contribution is 7.46. The summed E-state index contributed by atoms with van der Waals surface area (Å²) in [5.74, 6) is -2.14. The Balaban J connectivity index is 1.99. The summed E-state index contributed by atoms with van der Waals surface area (Å²) in [4.78, 5) is 44.8. The average Bonchev–Trinajstić information content (AvgIpc) is 3.02. The van der Waals surface area contributed by atoms with Crippen LogP contribution in [0.5, 0.6) is 5.75 Å². The van der Waals surface area contributed by atoms with Gasteiger partial charge in [-0.3, -0.25) is 19.4 Å². The molecule has 0 spiro atoms. The fraction of sp³-hybridized carbons (Fsp3) is 0.0769. The Morgan fingerprint density at radius 3 is 2.68 bits per heavy atom. The second-order valence-corrected chi connectivity index (χ2v) is 5.86. The van der Waals surface area contributed by atoms with Crippen molar-refractivity contribution in [1.29, 1.82) is 0 Å². The van der Waals surface area contributed by atoms with Crippen LogP contribution in [0.1, 0.15) is 22.0 Å². The van der Waals surface area contributed by atoms with E-state index in [0.717, 1.165) is 0 Å². The molecular weight excluding hydrogens is 311 g/mol. The number of carbonyl (C=O) groups is 2. The van der Waals surface area contributed by atoms with E-state index < -0.39 is 25.4 Å². The van der Waals surface area contributed by atoms with Crippen molar-refractivity contribution in [2.24, 2.45) is 0 Å². The van der Waals surface area contributed by atoms with Gasteiger partial charge in [-0.25, -0.2) is 4.57 Å². The predicted molar refractivity (Wildman–Crippen MR) is 75.6 cm³/mol. The van der Waals surface area contributed by atoms with Gasteiger partial charge in [0.2, 0.25) is 5.91 Å². The topological polar surface area (TPSA) is 129 Å². The zero-order valence-corrected chi connectivity index (χ0v) is 11.9. The molecule has 1 atom stereocenters. The molecule has 3 rings (SSSR count). The zero-order chi connectivity index (χ0) is 15.9. The van der Waals surface area contributed by atoms with Gasteiger partial charge < -0.3 is 14.8 Å². The Kier molecular flexibility index (Phi) is 3.37. The van der Waals surface area contributed by atoms with Crippen LogP contribution < -0.4 is 9.84 Å². The largest absolute Gasteiger partial charge is 0.524 e. The molecule has 1 aliphatic rings. The van der Waals surface area contributed by atoms with Gasteiger partial charge in [0.25, 0.3) is 0 Å². The number of nitrogens with one attached hydrogen (secondary N) is 2. The summed E-state index contributed by atoms with van der Waals surface area (Å²) < 4.78 is 15.4. The summed E-state index contributed by atoms with van der Waals surface area (Å²) in [6.45, 7) is 0. The summed E-state index contributed by atoms with van der Waals surface area (Å²) in [6.07, 6.45) is 1.56. The van der Waals surface area contributed by atoms with Crippen LogP contribution in [0.4, 0.5) is 5.69 Å². The quantitative estimate of drug-likeness (QED) is 0.383. The van der Waals surface area contributed by atoms with Gasteiger partial charge in [0, 0.05) is 11.9 Å². The summed E-state index contributed by atoms with van der Waals surface area (Å²) in [5.41, 5.74) is 0.998. The molecule has 1 unspecified atom stereocenters. The van der Waals surface area contributed by atoms with Crippen molar-refractivity contribution < 1.29 is 28.5 Å². The number of aromatic nitrogens is 1. The minimum atomic E-state index is -4.72. The van der Waals surface area contributed by atoms with Crippen molar-refractivity contribution in [3.63, 3.8) is 0 Å². The third-order valence-corrected chi connectivity index (χ3v) is 3.65. The van der Waals surface area contributed by atoms with E-state index in [0.29, 0.717) is 11.3 Å². The number of carbonyl (C=O) groups excluding carboxylic acids is 2. The van der Waals surface area contributed by atoms with Crippen molar-refractivity contribution in [3.8, 4) is 5.75 Å². The number of rotatable bonds is 4. The molecule has 8 nitrogen and oxygen atoms in total.